The molecule has 0 radical (unpaired) electrons. The van der Waals surface area contributed by atoms with Crippen LogP contribution < -0.4 is 5.32 Å². The van der Waals surface area contributed by atoms with Crippen molar-refractivity contribution < 1.29 is 4.79 Å². The number of carbonyl (C=O) groups is 1. The number of aromatic amines is 1. The van der Waals surface area contributed by atoms with Gasteiger partial charge in [-0.3, -0.25) is 14.5 Å². The maximum atomic E-state index is 12.1. The zero-order valence-electron chi connectivity index (χ0n) is 15.2. The van der Waals surface area contributed by atoms with Crippen molar-refractivity contribution in [1.82, 2.24) is 25.0 Å². The lowest BCUT2D eigenvalue weighted by molar-refractivity contribution is -0.121. The van der Waals surface area contributed by atoms with Crippen LogP contribution in [0.1, 0.15) is 25.8 Å². The number of hydrogen-bond donors (Lipinski definition) is 2. The summed E-state index contributed by atoms with van der Waals surface area (Å²) in [7, 11) is 0. The Labute approximate surface area is 154 Å². The summed E-state index contributed by atoms with van der Waals surface area (Å²) >= 11 is 5.31. The first-order chi connectivity index (χ1) is 12.0. The van der Waals surface area contributed by atoms with Gasteiger partial charge >= 0.3 is 0 Å². The van der Waals surface area contributed by atoms with Crippen LogP contribution in [0.3, 0.4) is 0 Å². The third-order valence-corrected chi connectivity index (χ3v) is 4.59. The summed E-state index contributed by atoms with van der Waals surface area (Å²) in [6.45, 7) is 10.3. The topological polar surface area (TPSA) is 66.0 Å². The number of likely N-dealkylation sites (N-methyl/N-ethyl adjacent to an activating group) is 1. The Hall–Kier alpha value is -1.99. The molecule has 0 unspecified atom stereocenters. The number of benzene rings is 1. The fraction of sp³-hybridized carbons (Fsp3) is 0.500. The van der Waals surface area contributed by atoms with Gasteiger partial charge < -0.3 is 10.2 Å². The van der Waals surface area contributed by atoms with Crippen LogP contribution in [0.4, 0.5) is 0 Å². The summed E-state index contributed by atoms with van der Waals surface area (Å²) in [5.74, 6) is 0.797. The Morgan fingerprint density at radius 1 is 1.28 bits per heavy atom. The average molecular weight is 362 g/mol. The fourth-order valence-electron chi connectivity index (χ4n) is 2.64. The van der Waals surface area contributed by atoms with Gasteiger partial charge in [0.1, 0.15) is 0 Å². The molecule has 1 aromatic carbocycles. The Morgan fingerprint density at radius 3 is 2.60 bits per heavy atom. The molecule has 0 saturated heterocycles. The second-order valence-electron chi connectivity index (χ2n) is 6.00. The van der Waals surface area contributed by atoms with Gasteiger partial charge in [-0.25, -0.2) is 0 Å². The summed E-state index contributed by atoms with van der Waals surface area (Å²) < 4.78 is 2.41. The average Bonchev–Trinajstić information content (AvgIpc) is 2.98. The zero-order valence-corrected chi connectivity index (χ0v) is 16.0. The maximum absolute atomic E-state index is 12.1. The number of H-pyrrole nitrogens is 1. The molecule has 25 heavy (non-hydrogen) atoms. The minimum absolute atomic E-state index is 0.0325. The number of nitrogens with zero attached hydrogens (tertiary/aromatic N) is 3. The molecule has 0 aliphatic rings. The van der Waals surface area contributed by atoms with E-state index in [0.29, 0.717) is 24.3 Å². The highest BCUT2D eigenvalue weighted by atomic mass is 32.1. The van der Waals surface area contributed by atoms with Crippen molar-refractivity contribution in [3.8, 4) is 11.4 Å². The highest BCUT2D eigenvalue weighted by Gasteiger charge is 2.10. The van der Waals surface area contributed by atoms with Crippen molar-refractivity contribution in [3.05, 3.63) is 34.6 Å². The van der Waals surface area contributed by atoms with E-state index in [1.54, 1.807) is 0 Å². The molecule has 7 heteroatoms. The first-order valence-corrected chi connectivity index (χ1v) is 9.17. The molecule has 6 nitrogen and oxygen atoms in total. The van der Waals surface area contributed by atoms with E-state index in [2.05, 4.69) is 34.3 Å². The lowest BCUT2D eigenvalue weighted by Crippen LogP contribution is -2.35. The van der Waals surface area contributed by atoms with Crippen molar-refractivity contribution in [3.63, 3.8) is 0 Å². The third kappa shape index (κ3) is 5.51. The summed E-state index contributed by atoms with van der Waals surface area (Å²) in [5, 5.41) is 10.1. The van der Waals surface area contributed by atoms with Gasteiger partial charge in [0.05, 0.1) is 0 Å². The van der Waals surface area contributed by atoms with E-state index < -0.39 is 0 Å². The van der Waals surface area contributed by atoms with Crippen molar-refractivity contribution in [2.24, 2.45) is 0 Å². The van der Waals surface area contributed by atoms with Gasteiger partial charge in [-0.1, -0.05) is 43.7 Å². The zero-order chi connectivity index (χ0) is 18.2. The molecule has 2 rings (SSSR count). The maximum Gasteiger partial charge on any atom is 0.221 e. The first-order valence-electron chi connectivity index (χ1n) is 8.76. The van der Waals surface area contributed by atoms with Crippen molar-refractivity contribution in [2.45, 2.75) is 33.7 Å². The number of carbonyl (C=O) groups excluding carboxylic acids is 1. The van der Waals surface area contributed by atoms with Gasteiger partial charge in [0.2, 0.25) is 5.91 Å². The van der Waals surface area contributed by atoms with Crippen LogP contribution in [0.5, 0.6) is 0 Å². The Bertz CT molecular complexity index is 731. The second-order valence-corrected chi connectivity index (χ2v) is 6.38. The van der Waals surface area contributed by atoms with Crippen LogP contribution >= 0.6 is 12.2 Å². The molecule has 2 N–H and O–H groups in total. The van der Waals surface area contributed by atoms with Gasteiger partial charge in [0, 0.05) is 31.6 Å². The molecule has 1 aromatic heterocycles. The van der Waals surface area contributed by atoms with Gasteiger partial charge in [-0.15, -0.1) is 0 Å². The van der Waals surface area contributed by atoms with Crippen LogP contribution in [-0.4, -0.2) is 51.8 Å². The Morgan fingerprint density at radius 2 is 1.96 bits per heavy atom. The highest BCUT2D eigenvalue weighted by Crippen LogP contribution is 2.18. The van der Waals surface area contributed by atoms with Gasteiger partial charge in [-0.05, 0) is 32.2 Å². The number of rotatable bonds is 9. The van der Waals surface area contributed by atoms with Gasteiger partial charge in [0.25, 0.3) is 0 Å². The van der Waals surface area contributed by atoms with Crippen LogP contribution in [0.15, 0.2) is 24.3 Å². The highest BCUT2D eigenvalue weighted by molar-refractivity contribution is 7.71. The third-order valence-electron chi connectivity index (χ3n) is 4.28. The van der Waals surface area contributed by atoms with E-state index in [1.165, 1.54) is 5.56 Å². The van der Waals surface area contributed by atoms with E-state index in [0.717, 1.165) is 31.0 Å². The largest absolute Gasteiger partial charge is 0.355 e. The summed E-state index contributed by atoms with van der Waals surface area (Å²) in [6, 6.07) is 8.11. The van der Waals surface area contributed by atoms with Crippen molar-refractivity contribution in [1.29, 1.82) is 0 Å². The van der Waals surface area contributed by atoms with Crippen molar-refractivity contribution in [2.75, 3.05) is 26.2 Å². The van der Waals surface area contributed by atoms with Crippen LogP contribution in [0, 0.1) is 11.7 Å². The predicted octanol–water partition coefficient (Wildman–Crippen LogP) is 2.76. The summed E-state index contributed by atoms with van der Waals surface area (Å²) in [4.78, 5) is 14.4. The lowest BCUT2D eigenvalue weighted by Gasteiger charge is -2.18. The second kappa shape index (κ2) is 9.48. The number of aryl methyl sites for hydroxylation is 1. The van der Waals surface area contributed by atoms with Crippen LogP contribution in [0.25, 0.3) is 11.4 Å². The molecule has 1 amide bonds. The molecule has 1 heterocycles. The van der Waals surface area contributed by atoms with E-state index in [9.17, 15) is 4.79 Å². The molecule has 0 aliphatic heterocycles. The van der Waals surface area contributed by atoms with E-state index in [4.69, 9.17) is 12.2 Å². The number of nitrogens with one attached hydrogen (secondary N) is 2. The predicted molar refractivity (Wildman–Crippen MR) is 103 cm³/mol. The van der Waals surface area contributed by atoms with E-state index >= 15 is 0 Å². The normalized spacial score (nSPS) is 11.0. The standard InChI is InChI=1S/C18H27N5OS/c1-4-22(5-2)13-11-19-16(24)10-12-23-17(20-21-18(23)25)15-8-6-14(3)7-9-15/h6-9H,4-5,10-13H2,1-3H3,(H,19,24)(H,21,25). The van der Waals surface area contributed by atoms with E-state index in [-0.39, 0.29) is 5.91 Å². The molecule has 0 fully saturated rings. The molecular weight excluding hydrogens is 334 g/mol. The Balaban J connectivity index is 1.93. The first kappa shape index (κ1) is 19.3. The minimum atomic E-state index is 0.0325. The number of aromatic nitrogens is 3. The monoisotopic (exact) mass is 361 g/mol. The smallest absolute Gasteiger partial charge is 0.221 e. The molecule has 0 atom stereocenters. The molecule has 2 aromatic rings. The fourth-order valence-corrected chi connectivity index (χ4v) is 2.87. The van der Waals surface area contributed by atoms with E-state index in [1.807, 2.05) is 35.8 Å². The molecule has 0 bridgehead atoms. The van der Waals surface area contributed by atoms with Crippen LogP contribution in [0.2, 0.25) is 0 Å². The minimum Gasteiger partial charge on any atom is -0.355 e. The molecule has 0 aliphatic carbocycles. The SMILES string of the molecule is CCN(CC)CCNC(=O)CCn1c(-c2ccc(C)cc2)n[nH]c1=S. The Kier molecular flexibility index (Phi) is 7.33. The van der Waals surface area contributed by atoms with Crippen LogP contribution in [-0.2, 0) is 11.3 Å². The summed E-state index contributed by atoms with van der Waals surface area (Å²) in [6.07, 6.45) is 0.380. The lowest BCUT2D eigenvalue weighted by atomic mass is 10.1. The van der Waals surface area contributed by atoms with Gasteiger partial charge in [-0.2, -0.15) is 5.10 Å². The molecule has 136 valence electrons. The summed E-state index contributed by atoms with van der Waals surface area (Å²) in [5.41, 5.74) is 2.18. The van der Waals surface area contributed by atoms with Crippen molar-refractivity contribution >= 4 is 18.1 Å². The number of amides is 1. The quantitative estimate of drug-likeness (QED) is 0.674. The molecule has 0 spiro atoms. The molecule has 0 saturated carbocycles. The number of hydrogen-bond acceptors (Lipinski definition) is 4. The van der Waals surface area contributed by atoms with Gasteiger partial charge in [0.15, 0.2) is 10.6 Å². The molecular formula is C18H27N5OS.